The minimum Gasteiger partial charge on any atom is -0.339 e. The first-order chi connectivity index (χ1) is 11.9. The van der Waals surface area contributed by atoms with E-state index in [0.29, 0.717) is 26.2 Å². The Hall–Kier alpha value is -2.05. The van der Waals surface area contributed by atoms with Crippen molar-refractivity contribution in [2.45, 2.75) is 31.9 Å². The van der Waals surface area contributed by atoms with Gasteiger partial charge < -0.3 is 9.80 Å². The van der Waals surface area contributed by atoms with Crippen LogP contribution >= 0.6 is 0 Å². The molecule has 0 aromatic heterocycles. The molecule has 1 aromatic carbocycles. The summed E-state index contributed by atoms with van der Waals surface area (Å²) in [5.74, 6) is 0.0120. The number of amides is 2. The molecule has 0 radical (unpaired) electrons. The predicted molar refractivity (Wildman–Crippen MR) is 85.9 cm³/mol. The van der Waals surface area contributed by atoms with Crippen molar-refractivity contribution in [3.63, 3.8) is 0 Å². The van der Waals surface area contributed by atoms with Crippen molar-refractivity contribution in [3.05, 3.63) is 35.4 Å². The Balaban J connectivity index is 1.57. The van der Waals surface area contributed by atoms with Crippen molar-refractivity contribution in [1.82, 2.24) is 9.80 Å². The van der Waals surface area contributed by atoms with Gasteiger partial charge in [-0.3, -0.25) is 9.59 Å². The number of halogens is 3. The number of benzene rings is 1. The van der Waals surface area contributed by atoms with Gasteiger partial charge >= 0.3 is 6.18 Å². The van der Waals surface area contributed by atoms with Crippen LogP contribution in [0.3, 0.4) is 0 Å². The van der Waals surface area contributed by atoms with E-state index in [-0.39, 0.29) is 23.3 Å². The van der Waals surface area contributed by atoms with Gasteiger partial charge in [-0.1, -0.05) is 12.8 Å². The van der Waals surface area contributed by atoms with Gasteiger partial charge in [-0.25, -0.2) is 0 Å². The molecule has 1 aromatic rings. The van der Waals surface area contributed by atoms with Crippen molar-refractivity contribution in [2.24, 2.45) is 5.92 Å². The quantitative estimate of drug-likeness (QED) is 0.818. The van der Waals surface area contributed by atoms with Crippen LogP contribution in [0.1, 0.15) is 41.6 Å². The minimum absolute atomic E-state index is 0.122. The molecule has 2 aliphatic rings. The summed E-state index contributed by atoms with van der Waals surface area (Å²) in [4.78, 5) is 28.2. The predicted octanol–water partition coefficient (Wildman–Crippen LogP) is 3.18. The van der Waals surface area contributed by atoms with Crippen LogP contribution in [0.15, 0.2) is 24.3 Å². The third-order valence-corrected chi connectivity index (χ3v) is 5.04. The summed E-state index contributed by atoms with van der Waals surface area (Å²) >= 11 is 0. The minimum atomic E-state index is -4.41. The third kappa shape index (κ3) is 3.96. The zero-order valence-corrected chi connectivity index (χ0v) is 13.9. The van der Waals surface area contributed by atoms with Crippen molar-refractivity contribution in [3.8, 4) is 0 Å². The first kappa shape index (κ1) is 17.8. The maximum absolute atomic E-state index is 12.6. The standard InChI is InChI=1S/C18H21F3N2O2/c19-18(20,21)15-7-5-14(6-8-15)17(25)23-11-9-22(10-12-23)16(24)13-3-1-2-4-13/h5-8,13H,1-4,9-12H2. The molecule has 0 N–H and O–H groups in total. The molecule has 1 aliphatic carbocycles. The second-order valence-electron chi connectivity index (χ2n) is 6.67. The van der Waals surface area contributed by atoms with E-state index in [1.807, 2.05) is 4.90 Å². The number of alkyl halides is 3. The van der Waals surface area contributed by atoms with Gasteiger partial charge in [0.2, 0.25) is 5.91 Å². The summed E-state index contributed by atoms with van der Waals surface area (Å²) in [6, 6.07) is 4.27. The molecule has 1 heterocycles. The van der Waals surface area contributed by atoms with Crippen molar-refractivity contribution in [2.75, 3.05) is 26.2 Å². The first-order valence-corrected chi connectivity index (χ1v) is 8.61. The molecular formula is C18H21F3N2O2. The zero-order valence-electron chi connectivity index (χ0n) is 13.9. The van der Waals surface area contributed by atoms with Crippen molar-refractivity contribution in [1.29, 1.82) is 0 Å². The molecule has 0 spiro atoms. The zero-order chi connectivity index (χ0) is 18.0. The van der Waals surface area contributed by atoms with Crippen LogP contribution in [-0.4, -0.2) is 47.8 Å². The van der Waals surface area contributed by atoms with E-state index in [4.69, 9.17) is 0 Å². The average Bonchev–Trinajstić information content (AvgIpc) is 3.14. The van der Waals surface area contributed by atoms with E-state index in [0.717, 1.165) is 37.8 Å². The summed E-state index contributed by atoms with van der Waals surface area (Å²) < 4.78 is 37.8. The van der Waals surface area contributed by atoms with E-state index >= 15 is 0 Å². The largest absolute Gasteiger partial charge is 0.416 e. The normalized spacial score (nSPS) is 19.3. The molecule has 0 atom stereocenters. The van der Waals surface area contributed by atoms with Gasteiger partial charge in [0.05, 0.1) is 5.56 Å². The van der Waals surface area contributed by atoms with Gasteiger partial charge in [-0.2, -0.15) is 13.2 Å². The van der Waals surface area contributed by atoms with Gasteiger partial charge in [0.25, 0.3) is 5.91 Å². The molecule has 2 amide bonds. The van der Waals surface area contributed by atoms with Crippen LogP contribution in [0.25, 0.3) is 0 Å². The molecule has 0 unspecified atom stereocenters. The molecule has 1 saturated heterocycles. The van der Waals surface area contributed by atoms with E-state index < -0.39 is 11.7 Å². The number of hydrogen-bond donors (Lipinski definition) is 0. The van der Waals surface area contributed by atoms with Gasteiger partial charge in [-0.15, -0.1) is 0 Å². The van der Waals surface area contributed by atoms with Gasteiger partial charge in [0, 0.05) is 37.7 Å². The summed E-state index contributed by atoms with van der Waals surface area (Å²) in [5, 5.41) is 0. The van der Waals surface area contributed by atoms with Gasteiger partial charge in [0.1, 0.15) is 0 Å². The van der Waals surface area contributed by atoms with Gasteiger partial charge in [-0.05, 0) is 37.1 Å². The summed E-state index contributed by atoms with van der Waals surface area (Å²) in [5.41, 5.74) is -0.528. The lowest BCUT2D eigenvalue weighted by Gasteiger charge is -2.36. The highest BCUT2D eigenvalue weighted by Gasteiger charge is 2.32. The monoisotopic (exact) mass is 354 g/mol. The lowest BCUT2D eigenvalue weighted by atomic mass is 10.1. The Bertz CT molecular complexity index is 629. The van der Waals surface area contributed by atoms with Gasteiger partial charge in [0.15, 0.2) is 0 Å². The molecule has 136 valence electrons. The molecular weight excluding hydrogens is 333 g/mol. The summed E-state index contributed by atoms with van der Waals surface area (Å²) in [6.45, 7) is 1.81. The highest BCUT2D eigenvalue weighted by atomic mass is 19.4. The van der Waals surface area contributed by atoms with E-state index in [9.17, 15) is 22.8 Å². The van der Waals surface area contributed by atoms with Crippen molar-refractivity contribution < 1.29 is 22.8 Å². The Labute approximate surface area is 144 Å². The topological polar surface area (TPSA) is 40.6 Å². The Morgan fingerprint density at radius 3 is 1.92 bits per heavy atom. The maximum atomic E-state index is 12.6. The fourth-order valence-corrected chi connectivity index (χ4v) is 3.55. The van der Waals surface area contributed by atoms with Crippen LogP contribution in [-0.2, 0) is 11.0 Å². The molecule has 2 fully saturated rings. The molecule has 1 aliphatic heterocycles. The number of hydrogen-bond acceptors (Lipinski definition) is 2. The average molecular weight is 354 g/mol. The molecule has 25 heavy (non-hydrogen) atoms. The number of carbonyl (C=O) groups excluding carboxylic acids is 2. The molecule has 4 nitrogen and oxygen atoms in total. The van der Waals surface area contributed by atoms with Crippen LogP contribution in [0.4, 0.5) is 13.2 Å². The van der Waals surface area contributed by atoms with Crippen LogP contribution in [0.5, 0.6) is 0 Å². The van der Waals surface area contributed by atoms with E-state index in [1.165, 1.54) is 12.1 Å². The fraction of sp³-hybridized carbons (Fsp3) is 0.556. The molecule has 0 bridgehead atoms. The Kier molecular flexibility index (Phi) is 5.01. The lowest BCUT2D eigenvalue weighted by Crippen LogP contribution is -2.51. The summed E-state index contributed by atoms with van der Waals surface area (Å²) in [7, 11) is 0. The Morgan fingerprint density at radius 2 is 1.40 bits per heavy atom. The van der Waals surface area contributed by atoms with E-state index in [2.05, 4.69) is 0 Å². The van der Waals surface area contributed by atoms with E-state index in [1.54, 1.807) is 4.90 Å². The van der Waals surface area contributed by atoms with Crippen LogP contribution < -0.4 is 0 Å². The highest BCUT2D eigenvalue weighted by molar-refractivity contribution is 5.94. The second kappa shape index (κ2) is 7.06. The number of carbonyl (C=O) groups is 2. The Morgan fingerprint density at radius 1 is 0.880 bits per heavy atom. The number of rotatable bonds is 2. The molecule has 7 heteroatoms. The van der Waals surface area contributed by atoms with Crippen molar-refractivity contribution >= 4 is 11.8 Å². The fourth-order valence-electron chi connectivity index (χ4n) is 3.55. The molecule has 1 saturated carbocycles. The highest BCUT2D eigenvalue weighted by Crippen LogP contribution is 2.29. The lowest BCUT2D eigenvalue weighted by molar-refractivity contribution is -0.138. The van der Waals surface area contributed by atoms with Crippen LogP contribution in [0.2, 0.25) is 0 Å². The first-order valence-electron chi connectivity index (χ1n) is 8.61. The second-order valence-corrected chi connectivity index (χ2v) is 6.67. The summed E-state index contributed by atoms with van der Waals surface area (Å²) in [6.07, 6.45) is -0.313. The number of piperazine rings is 1. The maximum Gasteiger partial charge on any atom is 0.416 e. The smallest absolute Gasteiger partial charge is 0.339 e. The van der Waals surface area contributed by atoms with Crippen LogP contribution in [0, 0.1) is 5.92 Å². The molecule has 3 rings (SSSR count). The SMILES string of the molecule is O=C(c1ccc(C(F)(F)F)cc1)N1CCN(C(=O)C2CCCC2)CC1. The number of nitrogens with zero attached hydrogens (tertiary/aromatic N) is 2. The third-order valence-electron chi connectivity index (χ3n) is 5.04.